The standard InChI is InChI=1S/C23H17NO4/c1-12-18-16-10-15(25)8-9-17(16)28-21(18)13(2)20-19(12)22(26)24(23(20)27)11-14-6-4-3-5-7-14/h3-10,25H,11H2,1-2H3. The summed E-state index contributed by atoms with van der Waals surface area (Å²) in [7, 11) is 0. The molecule has 3 aromatic carbocycles. The van der Waals surface area contributed by atoms with Crippen molar-refractivity contribution in [3.05, 3.63) is 76.3 Å². The van der Waals surface area contributed by atoms with Crippen molar-refractivity contribution in [3.8, 4) is 5.75 Å². The van der Waals surface area contributed by atoms with E-state index in [1.165, 1.54) is 4.90 Å². The maximum absolute atomic E-state index is 13.2. The zero-order valence-electron chi connectivity index (χ0n) is 15.4. The number of aryl methyl sites for hydroxylation is 2. The molecule has 0 bridgehead atoms. The van der Waals surface area contributed by atoms with Gasteiger partial charge in [0.05, 0.1) is 17.7 Å². The minimum Gasteiger partial charge on any atom is -0.508 e. The Kier molecular flexibility index (Phi) is 3.37. The summed E-state index contributed by atoms with van der Waals surface area (Å²) < 4.78 is 5.99. The first kappa shape index (κ1) is 16.6. The molecule has 1 aromatic heterocycles. The van der Waals surface area contributed by atoms with Crippen molar-refractivity contribution in [1.29, 1.82) is 0 Å². The third-order valence-corrected chi connectivity index (χ3v) is 5.49. The van der Waals surface area contributed by atoms with E-state index in [1.54, 1.807) is 25.1 Å². The molecule has 5 rings (SSSR count). The fourth-order valence-electron chi connectivity index (χ4n) is 4.14. The van der Waals surface area contributed by atoms with Crippen molar-refractivity contribution in [2.45, 2.75) is 20.4 Å². The average molecular weight is 371 g/mol. The van der Waals surface area contributed by atoms with Crippen molar-refractivity contribution in [1.82, 2.24) is 4.90 Å². The summed E-state index contributed by atoms with van der Waals surface area (Å²) in [6, 6.07) is 14.3. The Bertz CT molecular complexity index is 1300. The summed E-state index contributed by atoms with van der Waals surface area (Å²) in [5, 5.41) is 11.4. The highest BCUT2D eigenvalue weighted by Crippen LogP contribution is 2.41. The first-order chi connectivity index (χ1) is 13.5. The van der Waals surface area contributed by atoms with E-state index >= 15 is 0 Å². The highest BCUT2D eigenvalue weighted by Gasteiger charge is 2.40. The lowest BCUT2D eigenvalue weighted by Crippen LogP contribution is -2.29. The Morgan fingerprint density at radius 3 is 2.32 bits per heavy atom. The van der Waals surface area contributed by atoms with E-state index in [-0.39, 0.29) is 24.1 Å². The summed E-state index contributed by atoms with van der Waals surface area (Å²) in [5.41, 5.74) is 4.29. The number of rotatable bonds is 2. The number of carbonyl (C=O) groups is 2. The van der Waals surface area contributed by atoms with E-state index in [2.05, 4.69) is 0 Å². The van der Waals surface area contributed by atoms with Crippen molar-refractivity contribution in [3.63, 3.8) is 0 Å². The molecule has 0 saturated carbocycles. The van der Waals surface area contributed by atoms with Crippen LogP contribution in [0.5, 0.6) is 5.75 Å². The van der Waals surface area contributed by atoms with Crippen LogP contribution in [0.2, 0.25) is 0 Å². The van der Waals surface area contributed by atoms with Gasteiger partial charge in [0.15, 0.2) is 0 Å². The molecule has 0 saturated heterocycles. The second kappa shape index (κ2) is 5.70. The van der Waals surface area contributed by atoms with Gasteiger partial charge in [-0.3, -0.25) is 14.5 Å². The Balaban J connectivity index is 1.74. The van der Waals surface area contributed by atoms with Gasteiger partial charge in [0.25, 0.3) is 11.8 Å². The van der Waals surface area contributed by atoms with Gasteiger partial charge in [-0.25, -0.2) is 0 Å². The molecule has 1 N–H and O–H groups in total. The monoisotopic (exact) mass is 371 g/mol. The van der Waals surface area contributed by atoms with Crippen LogP contribution < -0.4 is 0 Å². The number of hydrogen-bond donors (Lipinski definition) is 1. The molecule has 5 nitrogen and oxygen atoms in total. The van der Waals surface area contributed by atoms with Crippen LogP contribution in [0.3, 0.4) is 0 Å². The number of fused-ring (bicyclic) bond motifs is 4. The minimum atomic E-state index is -0.297. The first-order valence-corrected chi connectivity index (χ1v) is 9.06. The second-order valence-electron chi connectivity index (χ2n) is 7.17. The van der Waals surface area contributed by atoms with Crippen LogP contribution in [0.15, 0.2) is 52.9 Å². The molecular weight excluding hydrogens is 354 g/mol. The molecule has 138 valence electrons. The SMILES string of the molecule is Cc1c2c(c(C)c3c1oc1ccc(O)cc13)C(=O)N(Cc1ccccc1)C2=O. The predicted octanol–water partition coefficient (Wildman–Crippen LogP) is 4.70. The third kappa shape index (κ3) is 2.13. The van der Waals surface area contributed by atoms with E-state index in [9.17, 15) is 14.7 Å². The fraction of sp³-hybridized carbons (Fsp3) is 0.130. The number of amides is 2. The third-order valence-electron chi connectivity index (χ3n) is 5.49. The summed E-state index contributed by atoms with van der Waals surface area (Å²) in [5.74, 6) is -0.462. The zero-order valence-corrected chi connectivity index (χ0v) is 15.4. The van der Waals surface area contributed by atoms with E-state index in [4.69, 9.17) is 4.42 Å². The maximum Gasteiger partial charge on any atom is 0.262 e. The van der Waals surface area contributed by atoms with Gasteiger partial charge in [-0.05, 0) is 43.2 Å². The Morgan fingerprint density at radius 2 is 1.61 bits per heavy atom. The van der Waals surface area contributed by atoms with Crippen molar-refractivity contribution >= 4 is 33.8 Å². The molecule has 2 amide bonds. The van der Waals surface area contributed by atoms with Gasteiger partial charge in [-0.1, -0.05) is 30.3 Å². The molecule has 0 atom stereocenters. The van der Waals surface area contributed by atoms with Gasteiger partial charge >= 0.3 is 0 Å². The number of phenols is 1. The van der Waals surface area contributed by atoms with E-state index < -0.39 is 0 Å². The fourth-order valence-corrected chi connectivity index (χ4v) is 4.14. The number of hydrogen-bond acceptors (Lipinski definition) is 4. The molecule has 1 aliphatic heterocycles. The molecule has 5 heteroatoms. The second-order valence-corrected chi connectivity index (χ2v) is 7.17. The van der Waals surface area contributed by atoms with Gasteiger partial charge < -0.3 is 9.52 Å². The van der Waals surface area contributed by atoms with Gasteiger partial charge in [-0.2, -0.15) is 0 Å². The highest BCUT2D eigenvalue weighted by atomic mass is 16.3. The number of benzene rings is 3. The van der Waals surface area contributed by atoms with Crippen LogP contribution in [0.25, 0.3) is 21.9 Å². The molecule has 28 heavy (non-hydrogen) atoms. The Labute approximate surface area is 160 Å². The number of carbonyl (C=O) groups excluding carboxylic acids is 2. The summed E-state index contributed by atoms with van der Waals surface area (Å²) in [6.45, 7) is 3.87. The number of phenolic OH excluding ortho intramolecular Hbond substituents is 1. The smallest absolute Gasteiger partial charge is 0.262 e. The largest absolute Gasteiger partial charge is 0.508 e. The van der Waals surface area contributed by atoms with Crippen LogP contribution in [0.1, 0.15) is 37.4 Å². The minimum absolute atomic E-state index is 0.126. The summed E-state index contributed by atoms with van der Waals surface area (Å²) in [4.78, 5) is 27.6. The quantitative estimate of drug-likeness (QED) is 0.518. The van der Waals surface area contributed by atoms with Crippen LogP contribution in [0.4, 0.5) is 0 Å². The summed E-state index contributed by atoms with van der Waals surface area (Å²) >= 11 is 0. The van der Waals surface area contributed by atoms with Gasteiger partial charge in [0.2, 0.25) is 0 Å². The van der Waals surface area contributed by atoms with Gasteiger partial charge in [0.1, 0.15) is 16.9 Å². The first-order valence-electron chi connectivity index (χ1n) is 9.06. The van der Waals surface area contributed by atoms with E-state index in [1.807, 2.05) is 37.3 Å². The van der Waals surface area contributed by atoms with Crippen molar-refractivity contribution in [2.24, 2.45) is 0 Å². The number of furan rings is 1. The molecular formula is C23H17NO4. The average Bonchev–Trinajstić information content (AvgIpc) is 3.18. The highest BCUT2D eigenvalue weighted by molar-refractivity contribution is 6.26. The topological polar surface area (TPSA) is 70.8 Å². The maximum atomic E-state index is 13.2. The normalized spacial score (nSPS) is 13.7. The molecule has 4 aromatic rings. The van der Waals surface area contributed by atoms with Crippen molar-refractivity contribution < 1.29 is 19.1 Å². The van der Waals surface area contributed by atoms with Gasteiger partial charge in [0, 0.05) is 16.3 Å². The lowest BCUT2D eigenvalue weighted by molar-refractivity contribution is 0.0642. The molecule has 1 aliphatic rings. The molecule has 0 radical (unpaired) electrons. The van der Waals surface area contributed by atoms with E-state index in [0.717, 1.165) is 16.3 Å². The van der Waals surface area contributed by atoms with Crippen LogP contribution >= 0.6 is 0 Å². The number of imide groups is 1. The van der Waals surface area contributed by atoms with Crippen LogP contribution in [0, 0.1) is 13.8 Å². The zero-order chi connectivity index (χ0) is 19.6. The van der Waals surface area contributed by atoms with Crippen molar-refractivity contribution in [2.75, 3.05) is 0 Å². The molecule has 2 heterocycles. The molecule has 0 aliphatic carbocycles. The van der Waals surface area contributed by atoms with E-state index in [0.29, 0.717) is 33.4 Å². The van der Waals surface area contributed by atoms with Crippen LogP contribution in [-0.4, -0.2) is 21.8 Å². The predicted molar refractivity (Wildman–Crippen MR) is 106 cm³/mol. The number of nitrogens with zero attached hydrogens (tertiary/aromatic N) is 1. The van der Waals surface area contributed by atoms with Crippen LogP contribution in [-0.2, 0) is 6.54 Å². The Morgan fingerprint density at radius 1 is 0.929 bits per heavy atom. The number of aromatic hydroxyl groups is 1. The molecule has 0 unspecified atom stereocenters. The van der Waals surface area contributed by atoms with Gasteiger partial charge in [-0.15, -0.1) is 0 Å². The lowest BCUT2D eigenvalue weighted by Gasteiger charge is -2.13. The summed E-state index contributed by atoms with van der Waals surface area (Å²) in [6.07, 6.45) is 0. The lowest BCUT2D eigenvalue weighted by atomic mass is 9.94. The Hall–Kier alpha value is -3.60. The molecule has 0 spiro atoms. The molecule has 0 fully saturated rings.